The molecule has 0 atom stereocenters. The van der Waals surface area contributed by atoms with Crippen molar-refractivity contribution in [1.82, 2.24) is 10.2 Å². The van der Waals surface area contributed by atoms with Gasteiger partial charge in [0.15, 0.2) is 0 Å². The third kappa shape index (κ3) is 4.30. The van der Waals surface area contributed by atoms with Crippen molar-refractivity contribution >= 4 is 5.91 Å². The molecule has 0 radical (unpaired) electrons. The van der Waals surface area contributed by atoms with Crippen molar-refractivity contribution in [3.05, 3.63) is 0 Å². The Labute approximate surface area is 146 Å². The van der Waals surface area contributed by atoms with E-state index in [-0.39, 0.29) is 17.4 Å². The van der Waals surface area contributed by atoms with Crippen LogP contribution in [0.4, 0.5) is 0 Å². The van der Waals surface area contributed by atoms with E-state index in [0.29, 0.717) is 6.10 Å². The van der Waals surface area contributed by atoms with Crippen LogP contribution < -0.4 is 5.32 Å². The maximum absolute atomic E-state index is 12.6. The number of carbonyl (C=O) groups excluding carboxylic acids is 1. The van der Waals surface area contributed by atoms with Crippen LogP contribution in [0.1, 0.15) is 58.3 Å². The molecule has 0 bridgehead atoms. The summed E-state index contributed by atoms with van der Waals surface area (Å²) >= 11 is 0. The van der Waals surface area contributed by atoms with Crippen LogP contribution in [0.25, 0.3) is 0 Å². The first-order valence-corrected chi connectivity index (χ1v) is 9.95. The Morgan fingerprint density at radius 1 is 1.17 bits per heavy atom. The number of rotatable bonds is 6. The lowest BCUT2D eigenvalue weighted by Crippen LogP contribution is -2.67. The van der Waals surface area contributed by atoms with Gasteiger partial charge in [-0.25, -0.2) is 0 Å². The first-order valence-electron chi connectivity index (χ1n) is 9.95. The summed E-state index contributed by atoms with van der Waals surface area (Å²) in [6.45, 7) is 7.15. The molecule has 1 N–H and O–H groups in total. The van der Waals surface area contributed by atoms with Crippen molar-refractivity contribution in [2.45, 2.75) is 69.9 Å². The molecule has 3 rings (SSSR count). The molecule has 24 heavy (non-hydrogen) atoms. The number of amides is 1. The smallest absolute Gasteiger partial charge is 0.223 e. The lowest BCUT2D eigenvalue weighted by molar-refractivity contribution is -0.136. The van der Waals surface area contributed by atoms with Crippen LogP contribution in [0.15, 0.2) is 0 Å². The van der Waals surface area contributed by atoms with Crippen LogP contribution in [0.3, 0.4) is 0 Å². The maximum atomic E-state index is 12.6. The van der Waals surface area contributed by atoms with Crippen LogP contribution in [0.2, 0.25) is 0 Å². The van der Waals surface area contributed by atoms with Gasteiger partial charge >= 0.3 is 0 Å². The van der Waals surface area contributed by atoms with E-state index >= 15 is 0 Å². The van der Waals surface area contributed by atoms with Crippen molar-refractivity contribution in [2.75, 3.05) is 39.5 Å². The molecular formula is C19H34N2O3. The lowest BCUT2D eigenvalue weighted by Gasteiger charge is -2.55. The summed E-state index contributed by atoms with van der Waals surface area (Å²) < 4.78 is 11.3. The monoisotopic (exact) mass is 338 g/mol. The van der Waals surface area contributed by atoms with E-state index in [9.17, 15) is 4.79 Å². The SMILES string of the molecule is CCOC1CC(CNC(=O)C2CCCCCC2)(N2CCOCC2)C1. The summed E-state index contributed by atoms with van der Waals surface area (Å²) in [7, 11) is 0. The van der Waals surface area contributed by atoms with Gasteiger partial charge in [-0.15, -0.1) is 0 Å². The van der Waals surface area contributed by atoms with Gasteiger partial charge in [-0.3, -0.25) is 9.69 Å². The van der Waals surface area contributed by atoms with E-state index < -0.39 is 0 Å². The first kappa shape index (κ1) is 18.2. The minimum atomic E-state index is 0.0873. The average molecular weight is 338 g/mol. The molecule has 1 amide bonds. The first-order chi connectivity index (χ1) is 11.7. The van der Waals surface area contributed by atoms with Crippen molar-refractivity contribution in [3.8, 4) is 0 Å². The van der Waals surface area contributed by atoms with E-state index in [0.717, 1.165) is 65.1 Å². The highest BCUT2D eigenvalue weighted by Gasteiger charge is 2.49. The Bertz CT molecular complexity index is 395. The van der Waals surface area contributed by atoms with Crippen molar-refractivity contribution in [3.63, 3.8) is 0 Å². The zero-order valence-corrected chi connectivity index (χ0v) is 15.2. The molecule has 0 aromatic rings. The predicted molar refractivity (Wildman–Crippen MR) is 94.0 cm³/mol. The van der Waals surface area contributed by atoms with Crippen molar-refractivity contribution in [2.24, 2.45) is 5.92 Å². The molecule has 3 aliphatic rings. The fourth-order valence-corrected chi connectivity index (χ4v) is 4.63. The average Bonchev–Trinajstić information content (AvgIpc) is 2.87. The quantitative estimate of drug-likeness (QED) is 0.755. The van der Waals surface area contributed by atoms with Gasteiger partial charge in [0.1, 0.15) is 0 Å². The van der Waals surface area contributed by atoms with Gasteiger partial charge in [-0.05, 0) is 32.6 Å². The Morgan fingerprint density at radius 2 is 1.83 bits per heavy atom. The van der Waals surface area contributed by atoms with Crippen LogP contribution in [-0.4, -0.2) is 61.9 Å². The number of hydrogen-bond donors (Lipinski definition) is 1. The molecule has 5 heteroatoms. The van der Waals surface area contributed by atoms with Crippen LogP contribution in [0.5, 0.6) is 0 Å². The highest BCUT2D eigenvalue weighted by molar-refractivity contribution is 5.78. The molecular weight excluding hydrogens is 304 g/mol. The topological polar surface area (TPSA) is 50.8 Å². The van der Waals surface area contributed by atoms with E-state index in [1.807, 2.05) is 0 Å². The second kappa shape index (κ2) is 8.63. The van der Waals surface area contributed by atoms with Gasteiger partial charge < -0.3 is 14.8 Å². The largest absolute Gasteiger partial charge is 0.379 e. The lowest BCUT2D eigenvalue weighted by atomic mass is 9.72. The summed E-state index contributed by atoms with van der Waals surface area (Å²) in [6.07, 6.45) is 9.55. The van der Waals surface area contributed by atoms with Gasteiger partial charge in [-0.1, -0.05) is 25.7 Å². The highest BCUT2D eigenvalue weighted by Crippen LogP contribution is 2.40. The standard InChI is InChI=1S/C19H34N2O3/c1-2-24-17-13-19(14-17,21-9-11-23-12-10-21)15-20-18(22)16-7-5-3-4-6-8-16/h16-17H,2-15H2,1H3,(H,20,22). The van der Waals surface area contributed by atoms with Crippen LogP contribution in [-0.2, 0) is 14.3 Å². The molecule has 1 saturated heterocycles. The molecule has 2 saturated carbocycles. The summed E-state index contributed by atoms with van der Waals surface area (Å²) in [6, 6.07) is 0. The third-order valence-corrected chi connectivity index (χ3v) is 6.12. The Hall–Kier alpha value is -0.650. The van der Waals surface area contributed by atoms with E-state index in [2.05, 4.69) is 17.1 Å². The maximum Gasteiger partial charge on any atom is 0.223 e. The summed E-state index contributed by atoms with van der Waals surface area (Å²) in [4.78, 5) is 15.2. The number of nitrogens with one attached hydrogen (secondary N) is 1. The molecule has 1 aliphatic heterocycles. The van der Waals surface area contributed by atoms with Gasteiger partial charge in [0, 0.05) is 37.7 Å². The number of carbonyl (C=O) groups is 1. The fourth-order valence-electron chi connectivity index (χ4n) is 4.63. The van der Waals surface area contributed by atoms with E-state index in [4.69, 9.17) is 9.47 Å². The number of morpholine rings is 1. The second-order valence-electron chi connectivity index (χ2n) is 7.72. The zero-order chi connectivity index (χ0) is 16.8. The zero-order valence-electron chi connectivity index (χ0n) is 15.2. The molecule has 0 spiro atoms. The molecule has 0 aromatic heterocycles. The van der Waals surface area contributed by atoms with Gasteiger partial charge in [0.2, 0.25) is 5.91 Å². The van der Waals surface area contributed by atoms with Crippen LogP contribution in [0, 0.1) is 5.92 Å². The van der Waals surface area contributed by atoms with Crippen molar-refractivity contribution in [1.29, 1.82) is 0 Å². The Balaban J connectivity index is 1.54. The fraction of sp³-hybridized carbons (Fsp3) is 0.947. The molecule has 5 nitrogen and oxygen atoms in total. The van der Waals surface area contributed by atoms with E-state index in [1.54, 1.807) is 0 Å². The van der Waals surface area contributed by atoms with Crippen molar-refractivity contribution < 1.29 is 14.3 Å². The molecule has 138 valence electrons. The summed E-state index contributed by atoms with van der Waals surface area (Å²) in [5.41, 5.74) is 0.0873. The number of nitrogens with zero attached hydrogens (tertiary/aromatic N) is 1. The minimum Gasteiger partial charge on any atom is -0.379 e. The molecule has 1 heterocycles. The Morgan fingerprint density at radius 3 is 2.46 bits per heavy atom. The normalized spacial score (nSPS) is 32.8. The molecule has 2 aliphatic carbocycles. The Kier molecular flexibility index (Phi) is 6.53. The van der Waals surface area contributed by atoms with E-state index in [1.165, 1.54) is 25.7 Å². The second-order valence-corrected chi connectivity index (χ2v) is 7.72. The minimum absolute atomic E-state index is 0.0873. The molecule has 0 aromatic carbocycles. The third-order valence-electron chi connectivity index (χ3n) is 6.12. The summed E-state index contributed by atoms with van der Waals surface area (Å²) in [5, 5.41) is 3.31. The van der Waals surface area contributed by atoms with Crippen LogP contribution >= 0.6 is 0 Å². The molecule has 0 unspecified atom stereocenters. The van der Waals surface area contributed by atoms with Gasteiger partial charge in [-0.2, -0.15) is 0 Å². The highest BCUT2D eigenvalue weighted by atomic mass is 16.5. The summed E-state index contributed by atoms with van der Waals surface area (Å²) in [5.74, 6) is 0.515. The van der Waals surface area contributed by atoms with Gasteiger partial charge in [0.05, 0.1) is 19.3 Å². The predicted octanol–water partition coefficient (Wildman–Crippen LogP) is 2.34. The number of ether oxygens (including phenoxy) is 2. The number of hydrogen-bond acceptors (Lipinski definition) is 4. The van der Waals surface area contributed by atoms with Gasteiger partial charge in [0.25, 0.3) is 0 Å². The molecule has 3 fully saturated rings.